The fourth-order valence-electron chi connectivity index (χ4n) is 2.59. The average Bonchev–Trinajstić information content (AvgIpc) is 2.30. The Bertz CT molecular complexity index is 331. The highest BCUT2D eigenvalue weighted by atomic mass is 35.5. The van der Waals surface area contributed by atoms with Crippen molar-refractivity contribution >= 4 is 11.6 Å². The summed E-state index contributed by atoms with van der Waals surface area (Å²) < 4.78 is 0. The van der Waals surface area contributed by atoms with E-state index < -0.39 is 0 Å². The van der Waals surface area contributed by atoms with Crippen molar-refractivity contribution in [1.29, 1.82) is 0 Å². The van der Waals surface area contributed by atoms with Crippen molar-refractivity contribution in [2.45, 2.75) is 44.6 Å². The molecule has 1 fully saturated rings. The van der Waals surface area contributed by atoms with Crippen molar-refractivity contribution in [2.75, 3.05) is 0 Å². The van der Waals surface area contributed by atoms with Crippen LogP contribution < -0.4 is 0 Å². The van der Waals surface area contributed by atoms with Gasteiger partial charge in [0.2, 0.25) is 0 Å². The summed E-state index contributed by atoms with van der Waals surface area (Å²) in [6, 6.07) is 7.58. The minimum Gasteiger partial charge on any atom is -0.388 e. The molecule has 1 aliphatic rings. The molecule has 2 rings (SSSR count). The Kier molecular flexibility index (Phi) is 4.25. The molecule has 1 unspecified atom stereocenters. The number of hydrogen-bond acceptors (Lipinski definition) is 1. The SMILES string of the molecule is OC(CC1CCCCC1)c1cccc(Cl)c1. The van der Waals surface area contributed by atoms with E-state index in [9.17, 15) is 5.11 Å². The van der Waals surface area contributed by atoms with E-state index in [-0.39, 0.29) is 6.10 Å². The minimum atomic E-state index is -0.346. The second-order valence-electron chi connectivity index (χ2n) is 4.81. The first kappa shape index (κ1) is 11.9. The summed E-state index contributed by atoms with van der Waals surface area (Å²) in [5.74, 6) is 0.697. The number of benzene rings is 1. The molecule has 88 valence electrons. The molecule has 1 aliphatic carbocycles. The maximum atomic E-state index is 10.1. The molecule has 0 aliphatic heterocycles. The third-order valence-corrected chi connectivity index (χ3v) is 3.75. The van der Waals surface area contributed by atoms with E-state index in [1.165, 1.54) is 32.1 Å². The van der Waals surface area contributed by atoms with Crippen LogP contribution in [0.3, 0.4) is 0 Å². The van der Waals surface area contributed by atoms with Gasteiger partial charge < -0.3 is 5.11 Å². The van der Waals surface area contributed by atoms with Gasteiger partial charge in [-0.2, -0.15) is 0 Å². The molecule has 1 atom stereocenters. The molecule has 2 heteroatoms. The summed E-state index contributed by atoms with van der Waals surface area (Å²) in [5.41, 5.74) is 0.957. The van der Waals surface area contributed by atoms with Crippen molar-refractivity contribution in [2.24, 2.45) is 5.92 Å². The first-order chi connectivity index (χ1) is 7.75. The van der Waals surface area contributed by atoms with Gasteiger partial charge in [-0.05, 0) is 30.0 Å². The number of aliphatic hydroxyl groups is 1. The standard InChI is InChI=1S/C14H19ClO/c15-13-8-4-7-12(10-13)14(16)9-11-5-2-1-3-6-11/h4,7-8,10-11,14,16H,1-3,5-6,9H2. The lowest BCUT2D eigenvalue weighted by molar-refractivity contribution is 0.131. The lowest BCUT2D eigenvalue weighted by Gasteiger charge is -2.24. The monoisotopic (exact) mass is 238 g/mol. The number of hydrogen-bond donors (Lipinski definition) is 1. The van der Waals surface area contributed by atoms with E-state index >= 15 is 0 Å². The zero-order valence-corrected chi connectivity index (χ0v) is 10.3. The quantitative estimate of drug-likeness (QED) is 0.831. The molecule has 0 heterocycles. The summed E-state index contributed by atoms with van der Waals surface area (Å²) in [4.78, 5) is 0. The van der Waals surface area contributed by atoms with Crippen molar-refractivity contribution in [3.05, 3.63) is 34.9 Å². The zero-order chi connectivity index (χ0) is 11.4. The number of rotatable bonds is 3. The molecule has 0 aromatic heterocycles. The second-order valence-corrected chi connectivity index (χ2v) is 5.25. The topological polar surface area (TPSA) is 20.2 Å². The molecule has 1 N–H and O–H groups in total. The second kappa shape index (κ2) is 5.70. The Morgan fingerprint density at radius 1 is 1.25 bits per heavy atom. The summed E-state index contributed by atoms with van der Waals surface area (Å²) in [7, 11) is 0. The zero-order valence-electron chi connectivity index (χ0n) is 9.53. The van der Waals surface area contributed by atoms with Gasteiger partial charge in [0.1, 0.15) is 0 Å². The summed E-state index contributed by atoms with van der Waals surface area (Å²) >= 11 is 5.92. The van der Waals surface area contributed by atoms with Gasteiger partial charge in [0.25, 0.3) is 0 Å². The van der Waals surface area contributed by atoms with Gasteiger partial charge in [-0.3, -0.25) is 0 Å². The highest BCUT2D eigenvalue weighted by Crippen LogP contribution is 2.32. The van der Waals surface area contributed by atoms with E-state index in [1.54, 1.807) is 0 Å². The van der Waals surface area contributed by atoms with Gasteiger partial charge in [0, 0.05) is 5.02 Å². The lowest BCUT2D eigenvalue weighted by atomic mass is 9.84. The summed E-state index contributed by atoms with van der Waals surface area (Å²) in [6.45, 7) is 0. The highest BCUT2D eigenvalue weighted by Gasteiger charge is 2.18. The van der Waals surface area contributed by atoms with Gasteiger partial charge in [-0.1, -0.05) is 55.8 Å². The van der Waals surface area contributed by atoms with Crippen LogP contribution >= 0.6 is 11.6 Å². The Labute approximate surface area is 102 Å². The van der Waals surface area contributed by atoms with Crippen molar-refractivity contribution in [3.8, 4) is 0 Å². The lowest BCUT2D eigenvalue weighted by Crippen LogP contribution is -2.11. The van der Waals surface area contributed by atoms with Gasteiger partial charge in [-0.15, -0.1) is 0 Å². The van der Waals surface area contributed by atoms with Gasteiger partial charge in [-0.25, -0.2) is 0 Å². The van der Waals surface area contributed by atoms with E-state index in [4.69, 9.17) is 11.6 Å². The fourth-order valence-corrected chi connectivity index (χ4v) is 2.79. The van der Waals surface area contributed by atoms with Gasteiger partial charge >= 0.3 is 0 Å². The van der Waals surface area contributed by atoms with Crippen LogP contribution in [0, 0.1) is 5.92 Å². The molecule has 0 spiro atoms. The molecule has 0 amide bonds. The maximum absolute atomic E-state index is 10.1. The maximum Gasteiger partial charge on any atom is 0.0793 e. The van der Waals surface area contributed by atoms with Crippen LogP contribution in [0.25, 0.3) is 0 Å². The first-order valence-electron chi connectivity index (χ1n) is 6.19. The van der Waals surface area contributed by atoms with Crippen molar-refractivity contribution < 1.29 is 5.11 Å². The van der Waals surface area contributed by atoms with Crippen LogP contribution in [0.1, 0.15) is 50.2 Å². The third kappa shape index (κ3) is 3.23. The predicted octanol–water partition coefficient (Wildman–Crippen LogP) is 4.34. The van der Waals surface area contributed by atoms with E-state index in [2.05, 4.69) is 0 Å². The Morgan fingerprint density at radius 2 is 2.00 bits per heavy atom. The molecule has 1 aromatic rings. The molecule has 0 radical (unpaired) electrons. The minimum absolute atomic E-state index is 0.346. The van der Waals surface area contributed by atoms with Crippen LogP contribution in [0.5, 0.6) is 0 Å². The van der Waals surface area contributed by atoms with Crippen LogP contribution in [-0.4, -0.2) is 5.11 Å². The van der Waals surface area contributed by atoms with Crippen molar-refractivity contribution in [1.82, 2.24) is 0 Å². The third-order valence-electron chi connectivity index (χ3n) is 3.51. The summed E-state index contributed by atoms with van der Waals surface area (Å²) in [6.07, 6.45) is 7.11. The van der Waals surface area contributed by atoms with Crippen LogP contribution in [0.15, 0.2) is 24.3 Å². The van der Waals surface area contributed by atoms with Crippen LogP contribution in [-0.2, 0) is 0 Å². The molecule has 1 nitrogen and oxygen atoms in total. The fraction of sp³-hybridized carbons (Fsp3) is 0.571. The number of aliphatic hydroxyl groups excluding tert-OH is 1. The van der Waals surface area contributed by atoms with E-state index in [0.717, 1.165) is 12.0 Å². The number of halogens is 1. The van der Waals surface area contributed by atoms with Crippen LogP contribution in [0.4, 0.5) is 0 Å². The van der Waals surface area contributed by atoms with E-state index in [1.807, 2.05) is 24.3 Å². The molecular formula is C14H19ClO. The first-order valence-corrected chi connectivity index (χ1v) is 6.57. The average molecular weight is 239 g/mol. The van der Waals surface area contributed by atoms with Gasteiger partial charge in [0.05, 0.1) is 6.10 Å². The van der Waals surface area contributed by atoms with Crippen molar-refractivity contribution in [3.63, 3.8) is 0 Å². The highest BCUT2D eigenvalue weighted by molar-refractivity contribution is 6.30. The molecule has 0 saturated heterocycles. The normalized spacial score (nSPS) is 19.6. The summed E-state index contributed by atoms with van der Waals surface area (Å²) in [5, 5.41) is 10.8. The largest absolute Gasteiger partial charge is 0.388 e. The Balaban J connectivity index is 1.94. The van der Waals surface area contributed by atoms with Gasteiger partial charge in [0.15, 0.2) is 0 Å². The predicted molar refractivity (Wildman–Crippen MR) is 67.6 cm³/mol. The molecule has 16 heavy (non-hydrogen) atoms. The molecular weight excluding hydrogens is 220 g/mol. The van der Waals surface area contributed by atoms with E-state index in [0.29, 0.717) is 10.9 Å². The molecule has 0 bridgehead atoms. The molecule has 1 saturated carbocycles. The Hall–Kier alpha value is -0.530. The smallest absolute Gasteiger partial charge is 0.0793 e. The van der Waals surface area contributed by atoms with Crippen LogP contribution in [0.2, 0.25) is 5.02 Å². The Morgan fingerprint density at radius 3 is 2.69 bits per heavy atom. The molecule has 1 aromatic carbocycles.